The number of piperidine rings is 1. The zero-order valence-electron chi connectivity index (χ0n) is 18.9. The average molecular weight is 438 g/mol. The van der Waals surface area contributed by atoms with Crippen LogP contribution >= 0.6 is 0 Å². The number of guanidine groups is 1. The van der Waals surface area contributed by atoms with Gasteiger partial charge in [-0.15, -0.1) is 10.2 Å². The Morgan fingerprint density at radius 1 is 1.25 bits per heavy atom. The number of nitrogens with one attached hydrogen (secondary N) is 2. The van der Waals surface area contributed by atoms with Crippen molar-refractivity contribution >= 4 is 17.3 Å². The van der Waals surface area contributed by atoms with E-state index in [1.54, 1.807) is 12.1 Å². The SMILES string of the molecule is CCNC(=NCCCc1nnc2ccccn12)NC1CCCN(c2ccc(F)cc2C)C1. The molecule has 0 spiro atoms. The Balaban J connectivity index is 1.33. The van der Waals surface area contributed by atoms with Gasteiger partial charge in [0.1, 0.15) is 11.6 Å². The van der Waals surface area contributed by atoms with Gasteiger partial charge in [-0.25, -0.2) is 4.39 Å². The van der Waals surface area contributed by atoms with Crippen LogP contribution in [-0.2, 0) is 6.42 Å². The summed E-state index contributed by atoms with van der Waals surface area (Å²) >= 11 is 0. The van der Waals surface area contributed by atoms with E-state index in [1.165, 1.54) is 0 Å². The molecule has 0 aliphatic carbocycles. The van der Waals surface area contributed by atoms with Gasteiger partial charge in [-0.05, 0) is 69.0 Å². The number of halogens is 1. The molecule has 1 aliphatic rings. The molecular formula is C24H32FN7. The number of aryl methyl sites for hydroxylation is 2. The van der Waals surface area contributed by atoms with Crippen LogP contribution in [0.25, 0.3) is 5.65 Å². The van der Waals surface area contributed by atoms with Gasteiger partial charge in [0, 0.05) is 50.5 Å². The first-order chi connectivity index (χ1) is 15.6. The second-order valence-electron chi connectivity index (χ2n) is 8.27. The molecule has 0 amide bonds. The van der Waals surface area contributed by atoms with Crippen molar-refractivity contribution in [3.63, 3.8) is 0 Å². The molecule has 0 bridgehead atoms. The summed E-state index contributed by atoms with van der Waals surface area (Å²) in [5.41, 5.74) is 2.96. The number of aromatic nitrogens is 3. The largest absolute Gasteiger partial charge is 0.369 e. The van der Waals surface area contributed by atoms with Crippen molar-refractivity contribution in [1.82, 2.24) is 25.2 Å². The number of benzene rings is 1. The predicted octanol–water partition coefficient (Wildman–Crippen LogP) is 3.33. The summed E-state index contributed by atoms with van der Waals surface area (Å²) in [4.78, 5) is 7.13. The van der Waals surface area contributed by atoms with Crippen molar-refractivity contribution in [1.29, 1.82) is 0 Å². The fourth-order valence-corrected chi connectivity index (χ4v) is 4.29. The Morgan fingerprint density at radius 2 is 2.16 bits per heavy atom. The van der Waals surface area contributed by atoms with Gasteiger partial charge in [0.15, 0.2) is 11.6 Å². The molecule has 2 N–H and O–H groups in total. The summed E-state index contributed by atoms with van der Waals surface area (Å²) in [6, 6.07) is 11.3. The third-order valence-corrected chi connectivity index (χ3v) is 5.82. The Hall–Kier alpha value is -3.16. The maximum Gasteiger partial charge on any atom is 0.191 e. The van der Waals surface area contributed by atoms with Crippen molar-refractivity contribution in [2.75, 3.05) is 31.1 Å². The third kappa shape index (κ3) is 5.36. The summed E-state index contributed by atoms with van der Waals surface area (Å²) < 4.78 is 15.5. The van der Waals surface area contributed by atoms with Crippen LogP contribution in [0, 0.1) is 12.7 Å². The molecule has 3 aromatic rings. The number of rotatable bonds is 7. The molecule has 4 rings (SSSR count). The van der Waals surface area contributed by atoms with E-state index in [0.717, 1.165) is 74.0 Å². The average Bonchev–Trinajstić information content (AvgIpc) is 3.20. The number of hydrogen-bond acceptors (Lipinski definition) is 4. The van der Waals surface area contributed by atoms with E-state index in [2.05, 4.69) is 32.7 Å². The maximum atomic E-state index is 13.5. The summed E-state index contributed by atoms with van der Waals surface area (Å²) in [5, 5.41) is 15.5. The van der Waals surface area contributed by atoms with Gasteiger partial charge >= 0.3 is 0 Å². The number of pyridine rings is 1. The molecule has 1 saturated heterocycles. The molecule has 170 valence electrons. The molecule has 3 heterocycles. The lowest BCUT2D eigenvalue weighted by Gasteiger charge is -2.36. The molecular weight excluding hydrogens is 405 g/mol. The first-order valence-electron chi connectivity index (χ1n) is 11.5. The highest BCUT2D eigenvalue weighted by Gasteiger charge is 2.22. The van der Waals surface area contributed by atoms with Crippen molar-refractivity contribution in [3.8, 4) is 0 Å². The molecule has 2 aromatic heterocycles. The molecule has 0 saturated carbocycles. The fourth-order valence-electron chi connectivity index (χ4n) is 4.29. The van der Waals surface area contributed by atoms with E-state index >= 15 is 0 Å². The van der Waals surface area contributed by atoms with Gasteiger partial charge in [0.05, 0.1) is 0 Å². The number of anilines is 1. The first kappa shape index (κ1) is 22.0. The minimum Gasteiger partial charge on any atom is -0.369 e. The number of nitrogens with zero attached hydrogens (tertiary/aromatic N) is 5. The van der Waals surface area contributed by atoms with E-state index in [1.807, 2.05) is 41.8 Å². The zero-order chi connectivity index (χ0) is 22.3. The van der Waals surface area contributed by atoms with Crippen LogP contribution in [-0.4, -0.2) is 52.8 Å². The Morgan fingerprint density at radius 3 is 3.00 bits per heavy atom. The topological polar surface area (TPSA) is 69.8 Å². The predicted molar refractivity (Wildman–Crippen MR) is 127 cm³/mol. The lowest BCUT2D eigenvalue weighted by atomic mass is 10.0. The second-order valence-corrected chi connectivity index (χ2v) is 8.27. The summed E-state index contributed by atoms with van der Waals surface area (Å²) in [6.45, 7) is 7.44. The van der Waals surface area contributed by atoms with Crippen molar-refractivity contribution in [2.45, 2.75) is 45.6 Å². The van der Waals surface area contributed by atoms with E-state index in [4.69, 9.17) is 4.99 Å². The summed E-state index contributed by atoms with van der Waals surface area (Å²) in [5.74, 6) is 1.63. The standard InChI is InChI=1S/C24H32FN7/c1-3-26-24(27-13-6-10-23-30-29-22-9-4-5-15-32(22)23)28-20-8-7-14-31(17-20)21-12-11-19(25)16-18(21)2/h4-5,9,11-12,15-16,20H,3,6-8,10,13-14,17H2,1-2H3,(H2,26,27,28). The van der Waals surface area contributed by atoms with Gasteiger partial charge in [0.2, 0.25) is 0 Å². The first-order valence-corrected chi connectivity index (χ1v) is 11.5. The minimum absolute atomic E-state index is 0.182. The minimum atomic E-state index is -0.182. The Bertz CT molecular complexity index is 1060. The monoisotopic (exact) mass is 437 g/mol. The van der Waals surface area contributed by atoms with Crippen LogP contribution in [0.15, 0.2) is 47.6 Å². The molecule has 1 fully saturated rings. The van der Waals surface area contributed by atoms with Crippen LogP contribution in [0.2, 0.25) is 0 Å². The van der Waals surface area contributed by atoms with Gasteiger partial charge in [0.25, 0.3) is 0 Å². The van der Waals surface area contributed by atoms with E-state index in [9.17, 15) is 4.39 Å². The summed E-state index contributed by atoms with van der Waals surface area (Å²) in [6.07, 6.45) is 5.91. The van der Waals surface area contributed by atoms with E-state index in [0.29, 0.717) is 12.6 Å². The fraction of sp³-hybridized carbons (Fsp3) is 0.458. The van der Waals surface area contributed by atoms with Crippen molar-refractivity contribution in [2.24, 2.45) is 4.99 Å². The highest BCUT2D eigenvalue weighted by Crippen LogP contribution is 2.24. The van der Waals surface area contributed by atoms with E-state index in [-0.39, 0.29) is 5.82 Å². The smallest absolute Gasteiger partial charge is 0.191 e. The molecule has 7 nitrogen and oxygen atoms in total. The molecule has 8 heteroatoms. The van der Waals surface area contributed by atoms with Crippen LogP contribution in [0.3, 0.4) is 0 Å². The maximum absolute atomic E-state index is 13.5. The Kier molecular flexibility index (Phi) is 7.19. The normalized spacial score (nSPS) is 17.0. The number of hydrogen-bond donors (Lipinski definition) is 2. The molecule has 1 aromatic carbocycles. The van der Waals surface area contributed by atoms with E-state index < -0.39 is 0 Å². The highest BCUT2D eigenvalue weighted by atomic mass is 19.1. The Labute approximate surface area is 188 Å². The van der Waals surface area contributed by atoms with Gasteiger partial charge < -0.3 is 15.5 Å². The van der Waals surface area contributed by atoms with Gasteiger partial charge in [-0.2, -0.15) is 0 Å². The molecule has 0 radical (unpaired) electrons. The lowest BCUT2D eigenvalue weighted by Crippen LogP contribution is -2.51. The number of aliphatic imine (C=N–C) groups is 1. The second kappa shape index (κ2) is 10.4. The van der Waals surface area contributed by atoms with Gasteiger partial charge in [-0.1, -0.05) is 6.07 Å². The molecule has 1 atom stereocenters. The van der Waals surface area contributed by atoms with Crippen molar-refractivity contribution < 1.29 is 4.39 Å². The third-order valence-electron chi connectivity index (χ3n) is 5.82. The highest BCUT2D eigenvalue weighted by molar-refractivity contribution is 5.80. The lowest BCUT2D eigenvalue weighted by molar-refractivity contribution is 0.467. The zero-order valence-corrected chi connectivity index (χ0v) is 18.9. The van der Waals surface area contributed by atoms with Crippen molar-refractivity contribution in [3.05, 3.63) is 59.8 Å². The van der Waals surface area contributed by atoms with Gasteiger partial charge in [-0.3, -0.25) is 9.39 Å². The van der Waals surface area contributed by atoms with Crippen LogP contribution in [0.4, 0.5) is 10.1 Å². The molecule has 32 heavy (non-hydrogen) atoms. The summed E-state index contributed by atoms with van der Waals surface area (Å²) in [7, 11) is 0. The molecule has 1 unspecified atom stereocenters. The van der Waals surface area contributed by atoms with Crippen LogP contribution in [0.5, 0.6) is 0 Å². The molecule has 1 aliphatic heterocycles. The number of fused-ring (bicyclic) bond motifs is 1. The van der Waals surface area contributed by atoms with Crippen LogP contribution < -0.4 is 15.5 Å². The van der Waals surface area contributed by atoms with Crippen LogP contribution in [0.1, 0.15) is 37.6 Å². The quantitative estimate of drug-likeness (QED) is 0.337.